The topological polar surface area (TPSA) is 62.2 Å². The highest BCUT2D eigenvalue weighted by molar-refractivity contribution is 5.50. The fourth-order valence-electron chi connectivity index (χ4n) is 1.92. The van der Waals surface area contributed by atoms with Crippen LogP contribution in [-0.2, 0) is 14.3 Å². The van der Waals surface area contributed by atoms with E-state index in [1.807, 2.05) is 0 Å². The molecule has 0 unspecified atom stereocenters. The molecule has 1 aliphatic heterocycles. The van der Waals surface area contributed by atoms with Crippen molar-refractivity contribution >= 4 is 6.29 Å². The lowest BCUT2D eigenvalue weighted by Crippen LogP contribution is -2.47. The molecule has 0 spiro atoms. The highest BCUT2D eigenvalue weighted by Crippen LogP contribution is 2.00. The van der Waals surface area contributed by atoms with Gasteiger partial charge in [0.2, 0.25) is 0 Å². The zero-order chi connectivity index (χ0) is 13.1. The first-order valence-corrected chi connectivity index (χ1v) is 6.51. The van der Waals surface area contributed by atoms with E-state index in [0.29, 0.717) is 19.8 Å². The molecule has 6 heteroatoms. The number of rotatable bonds is 10. The van der Waals surface area contributed by atoms with Crippen molar-refractivity contribution < 1.29 is 19.4 Å². The number of nitrogens with zero attached hydrogens (tertiary/aromatic N) is 2. The maximum atomic E-state index is 9.98. The summed E-state index contributed by atoms with van der Waals surface area (Å²) in [5.41, 5.74) is 0. The second-order valence-corrected chi connectivity index (χ2v) is 4.26. The second-order valence-electron chi connectivity index (χ2n) is 4.26. The molecule has 0 aromatic carbocycles. The van der Waals surface area contributed by atoms with Crippen molar-refractivity contribution in [2.75, 3.05) is 72.3 Å². The van der Waals surface area contributed by atoms with Crippen LogP contribution in [0, 0.1) is 0 Å². The van der Waals surface area contributed by atoms with Gasteiger partial charge in [-0.05, 0) is 0 Å². The predicted octanol–water partition coefficient (Wildman–Crippen LogP) is -1.17. The Labute approximate surface area is 108 Å². The molecule has 0 saturated carbocycles. The molecular weight excluding hydrogens is 236 g/mol. The van der Waals surface area contributed by atoms with E-state index in [2.05, 4.69) is 9.80 Å². The lowest BCUT2D eigenvalue weighted by atomic mass is 10.3. The van der Waals surface area contributed by atoms with Crippen LogP contribution in [0.15, 0.2) is 0 Å². The molecule has 0 aromatic rings. The van der Waals surface area contributed by atoms with Crippen LogP contribution in [0.5, 0.6) is 0 Å². The number of aliphatic hydroxyl groups excluding tert-OH is 1. The lowest BCUT2D eigenvalue weighted by Gasteiger charge is -2.34. The van der Waals surface area contributed by atoms with Crippen molar-refractivity contribution in [3.8, 4) is 0 Å². The van der Waals surface area contributed by atoms with E-state index in [0.717, 1.165) is 45.6 Å². The predicted molar refractivity (Wildman–Crippen MR) is 67.7 cm³/mol. The van der Waals surface area contributed by atoms with E-state index in [-0.39, 0.29) is 13.2 Å². The Morgan fingerprint density at radius 3 is 2.17 bits per heavy atom. The van der Waals surface area contributed by atoms with Crippen LogP contribution in [0.1, 0.15) is 0 Å². The summed E-state index contributed by atoms with van der Waals surface area (Å²) in [7, 11) is 0. The fourth-order valence-corrected chi connectivity index (χ4v) is 1.92. The number of carbonyl (C=O) groups excluding carboxylic acids is 1. The van der Waals surface area contributed by atoms with E-state index in [9.17, 15) is 4.79 Å². The minimum Gasteiger partial charge on any atom is -0.395 e. The van der Waals surface area contributed by atoms with Crippen molar-refractivity contribution in [3.63, 3.8) is 0 Å². The third-order valence-electron chi connectivity index (χ3n) is 2.99. The third kappa shape index (κ3) is 7.03. The molecule has 0 aromatic heterocycles. The van der Waals surface area contributed by atoms with Gasteiger partial charge in [0.25, 0.3) is 0 Å². The normalized spacial score (nSPS) is 18.1. The Morgan fingerprint density at radius 1 is 0.944 bits per heavy atom. The Bertz CT molecular complexity index is 208. The van der Waals surface area contributed by atoms with Gasteiger partial charge in [-0.3, -0.25) is 9.80 Å². The number of aliphatic hydroxyl groups is 1. The molecule has 18 heavy (non-hydrogen) atoms. The molecule has 6 nitrogen and oxygen atoms in total. The largest absolute Gasteiger partial charge is 0.395 e. The van der Waals surface area contributed by atoms with E-state index in [1.54, 1.807) is 0 Å². The summed E-state index contributed by atoms with van der Waals surface area (Å²) >= 11 is 0. The number of β-amino-alcohol motifs (C(OH)–C–C–N with tert-alkyl or cyclic N) is 1. The summed E-state index contributed by atoms with van der Waals surface area (Å²) < 4.78 is 10.4. The Hall–Kier alpha value is -0.530. The Morgan fingerprint density at radius 2 is 1.56 bits per heavy atom. The van der Waals surface area contributed by atoms with Crippen LogP contribution in [-0.4, -0.2) is 93.5 Å². The van der Waals surface area contributed by atoms with Crippen molar-refractivity contribution in [2.45, 2.75) is 0 Å². The van der Waals surface area contributed by atoms with Crippen molar-refractivity contribution in [1.29, 1.82) is 0 Å². The summed E-state index contributed by atoms with van der Waals surface area (Å²) in [6.45, 7) is 7.91. The van der Waals surface area contributed by atoms with Crippen LogP contribution in [0.2, 0.25) is 0 Å². The number of piperazine rings is 1. The maximum absolute atomic E-state index is 9.98. The molecular formula is C12H24N2O4. The van der Waals surface area contributed by atoms with Crippen LogP contribution in [0.3, 0.4) is 0 Å². The van der Waals surface area contributed by atoms with Gasteiger partial charge in [0.1, 0.15) is 12.9 Å². The SMILES string of the molecule is O=CCOCCOCCN1CCN(CCO)CC1. The minimum absolute atomic E-state index is 0.149. The molecule has 0 bridgehead atoms. The third-order valence-corrected chi connectivity index (χ3v) is 2.99. The van der Waals surface area contributed by atoms with Crippen LogP contribution >= 0.6 is 0 Å². The number of aldehydes is 1. The quantitative estimate of drug-likeness (QED) is 0.394. The van der Waals surface area contributed by atoms with Gasteiger partial charge in [0.15, 0.2) is 0 Å². The lowest BCUT2D eigenvalue weighted by molar-refractivity contribution is -0.112. The van der Waals surface area contributed by atoms with E-state index in [1.165, 1.54) is 0 Å². The second kappa shape index (κ2) is 10.4. The molecule has 1 rings (SSSR count). The number of hydrogen-bond donors (Lipinski definition) is 1. The van der Waals surface area contributed by atoms with Gasteiger partial charge in [0, 0.05) is 39.3 Å². The molecule has 1 aliphatic rings. The monoisotopic (exact) mass is 260 g/mol. The average Bonchev–Trinajstić information content (AvgIpc) is 2.40. The maximum Gasteiger partial charge on any atom is 0.145 e. The first-order chi connectivity index (χ1) is 8.86. The smallest absolute Gasteiger partial charge is 0.145 e. The van der Waals surface area contributed by atoms with Gasteiger partial charge in [-0.25, -0.2) is 0 Å². The van der Waals surface area contributed by atoms with Gasteiger partial charge in [-0.15, -0.1) is 0 Å². The molecule has 0 radical (unpaired) electrons. The average molecular weight is 260 g/mol. The zero-order valence-corrected chi connectivity index (χ0v) is 10.9. The summed E-state index contributed by atoms with van der Waals surface area (Å²) in [6, 6.07) is 0. The first-order valence-electron chi connectivity index (χ1n) is 6.51. The van der Waals surface area contributed by atoms with Gasteiger partial charge in [0.05, 0.1) is 26.4 Å². The summed E-state index contributed by atoms with van der Waals surface area (Å²) in [4.78, 5) is 14.6. The highest BCUT2D eigenvalue weighted by atomic mass is 16.5. The number of ether oxygens (including phenoxy) is 2. The van der Waals surface area contributed by atoms with E-state index < -0.39 is 0 Å². The summed E-state index contributed by atoms with van der Waals surface area (Å²) in [5, 5.41) is 8.84. The molecule has 0 atom stereocenters. The van der Waals surface area contributed by atoms with Crippen molar-refractivity contribution in [1.82, 2.24) is 9.80 Å². The van der Waals surface area contributed by atoms with Crippen LogP contribution < -0.4 is 0 Å². The number of hydrogen-bond acceptors (Lipinski definition) is 6. The molecule has 0 amide bonds. The van der Waals surface area contributed by atoms with E-state index in [4.69, 9.17) is 14.6 Å². The highest BCUT2D eigenvalue weighted by Gasteiger charge is 2.15. The molecule has 1 N–H and O–H groups in total. The van der Waals surface area contributed by atoms with Gasteiger partial charge < -0.3 is 19.4 Å². The molecule has 1 heterocycles. The van der Waals surface area contributed by atoms with Gasteiger partial charge in [-0.2, -0.15) is 0 Å². The van der Waals surface area contributed by atoms with Crippen LogP contribution in [0.4, 0.5) is 0 Å². The van der Waals surface area contributed by atoms with Crippen molar-refractivity contribution in [2.24, 2.45) is 0 Å². The Balaban J connectivity index is 1.90. The molecule has 106 valence electrons. The van der Waals surface area contributed by atoms with Crippen LogP contribution in [0.25, 0.3) is 0 Å². The van der Waals surface area contributed by atoms with Gasteiger partial charge >= 0.3 is 0 Å². The minimum atomic E-state index is 0.149. The fraction of sp³-hybridized carbons (Fsp3) is 0.917. The molecule has 1 fully saturated rings. The van der Waals surface area contributed by atoms with Crippen molar-refractivity contribution in [3.05, 3.63) is 0 Å². The van der Waals surface area contributed by atoms with E-state index >= 15 is 0 Å². The molecule has 1 saturated heterocycles. The first kappa shape index (κ1) is 15.5. The number of carbonyl (C=O) groups is 1. The molecule has 0 aliphatic carbocycles. The zero-order valence-electron chi connectivity index (χ0n) is 10.9. The Kier molecular flexibility index (Phi) is 8.97. The summed E-state index contributed by atoms with van der Waals surface area (Å²) in [5.74, 6) is 0. The summed E-state index contributed by atoms with van der Waals surface area (Å²) in [6.07, 6.45) is 0.742. The van der Waals surface area contributed by atoms with Gasteiger partial charge in [-0.1, -0.05) is 0 Å². The standard InChI is InChI=1S/C12H24N2O4/c15-7-5-13-1-3-14(4-2-13)6-9-17-11-12-18-10-8-16/h8,15H,1-7,9-12H2.